The minimum atomic E-state index is -0.569. The van der Waals surface area contributed by atoms with E-state index in [1.165, 1.54) is 12.1 Å². The quantitative estimate of drug-likeness (QED) is 0.601. The van der Waals surface area contributed by atoms with Gasteiger partial charge in [-0.05, 0) is 25.5 Å². The highest BCUT2D eigenvalue weighted by atomic mass is 19.1. The maximum atomic E-state index is 13.7. The van der Waals surface area contributed by atoms with Crippen molar-refractivity contribution in [3.8, 4) is 0 Å². The van der Waals surface area contributed by atoms with Crippen LogP contribution in [0.25, 0.3) is 0 Å². The normalized spacial score (nSPS) is 14.5. The van der Waals surface area contributed by atoms with Gasteiger partial charge in [0.2, 0.25) is 0 Å². The van der Waals surface area contributed by atoms with E-state index in [0.717, 1.165) is 12.6 Å². The lowest BCUT2D eigenvalue weighted by Gasteiger charge is -2.18. The van der Waals surface area contributed by atoms with Gasteiger partial charge in [0.15, 0.2) is 5.96 Å². The molecule has 0 aliphatic heterocycles. The molecule has 2 unspecified atom stereocenters. The van der Waals surface area contributed by atoms with Crippen molar-refractivity contribution in [3.63, 3.8) is 0 Å². The Bertz CT molecular complexity index is 494. The molecule has 22 heavy (non-hydrogen) atoms. The number of nitrogens with one attached hydrogen (secondary N) is 2. The number of hydrogen-bond acceptors (Lipinski definition) is 2. The summed E-state index contributed by atoms with van der Waals surface area (Å²) in [6, 6.07) is 3.75. The molecule has 124 valence electrons. The molecule has 0 saturated heterocycles. The van der Waals surface area contributed by atoms with E-state index in [2.05, 4.69) is 15.6 Å². The van der Waals surface area contributed by atoms with Crippen LogP contribution in [0.5, 0.6) is 0 Å². The Hall–Kier alpha value is -1.69. The van der Waals surface area contributed by atoms with Crippen LogP contribution in [-0.4, -0.2) is 38.8 Å². The van der Waals surface area contributed by atoms with Crippen LogP contribution in [0.2, 0.25) is 0 Å². The molecule has 0 fully saturated rings. The third-order valence-electron chi connectivity index (χ3n) is 3.16. The maximum Gasteiger partial charge on any atom is 0.191 e. The molecule has 0 bridgehead atoms. The van der Waals surface area contributed by atoms with E-state index in [-0.39, 0.29) is 12.0 Å². The van der Waals surface area contributed by atoms with Gasteiger partial charge >= 0.3 is 0 Å². The predicted molar refractivity (Wildman–Crippen MR) is 85.2 cm³/mol. The molecular formula is C16H25F2N3O. The summed E-state index contributed by atoms with van der Waals surface area (Å²) in [5, 5.41) is 6.34. The van der Waals surface area contributed by atoms with Gasteiger partial charge in [-0.3, -0.25) is 4.99 Å². The van der Waals surface area contributed by atoms with E-state index in [0.29, 0.717) is 24.7 Å². The van der Waals surface area contributed by atoms with Crippen LogP contribution in [-0.2, 0) is 4.74 Å². The maximum absolute atomic E-state index is 13.7. The zero-order chi connectivity index (χ0) is 16.5. The summed E-state index contributed by atoms with van der Waals surface area (Å²) in [5.74, 6) is -0.594. The van der Waals surface area contributed by atoms with E-state index in [9.17, 15) is 8.78 Å². The number of ether oxygens (including phenoxy) is 1. The fraction of sp³-hybridized carbons (Fsp3) is 0.562. The molecule has 0 heterocycles. The predicted octanol–water partition coefficient (Wildman–Crippen LogP) is 2.66. The van der Waals surface area contributed by atoms with Crippen molar-refractivity contribution < 1.29 is 13.5 Å². The van der Waals surface area contributed by atoms with Crippen LogP contribution >= 0.6 is 0 Å². The molecular weight excluding hydrogens is 288 g/mol. The molecule has 0 saturated carbocycles. The van der Waals surface area contributed by atoms with Crippen molar-refractivity contribution in [2.24, 2.45) is 4.99 Å². The smallest absolute Gasteiger partial charge is 0.191 e. The molecule has 1 aromatic carbocycles. The van der Waals surface area contributed by atoms with Gasteiger partial charge < -0.3 is 15.4 Å². The molecule has 0 aliphatic rings. The zero-order valence-electron chi connectivity index (χ0n) is 13.6. The fourth-order valence-electron chi connectivity index (χ4n) is 2.07. The highest BCUT2D eigenvalue weighted by Crippen LogP contribution is 2.20. The molecule has 4 nitrogen and oxygen atoms in total. The Morgan fingerprint density at radius 1 is 1.32 bits per heavy atom. The summed E-state index contributed by atoms with van der Waals surface area (Å²) in [7, 11) is 1.64. The fourth-order valence-corrected chi connectivity index (χ4v) is 2.07. The molecule has 6 heteroatoms. The van der Waals surface area contributed by atoms with Gasteiger partial charge in [0.05, 0.1) is 6.61 Å². The molecule has 0 aliphatic carbocycles. The highest BCUT2D eigenvalue weighted by Gasteiger charge is 2.12. The van der Waals surface area contributed by atoms with Crippen LogP contribution in [0.4, 0.5) is 8.78 Å². The molecule has 1 aromatic rings. The van der Waals surface area contributed by atoms with Gasteiger partial charge in [-0.1, -0.05) is 13.0 Å². The van der Waals surface area contributed by atoms with Crippen molar-refractivity contribution in [3.05, 3.63) is 35.4 Å². The largest absolute Gasteiger partial charge is 0.383 e. The Morgan fingerprint density at radius 3 is 2.64 bits per heavy atom. The first-order chi connectivity index (χ1) is 10.5. The standard InChI is InChI=1S/C16H25F2N3O/c1-5-19-16(21-12(3)10-22-4)20-9-11(2)14-7-6-13(17)8-15(14)18/h6-8,11-12H,5,9-10H2,1-4H3,(H2,19,20,21). The van der Waals surface area contributed by atoms with Crippen molar-refractivity contribution in [2.75, 3.05) is 26.8 Å². The van der Waals surface area contributed by atoms with Gasteiger partial charge in [-0.15, -0.1) is 0 Å². The second-order valence-electron chi connectivity index (χ2n) is 5.29. The molecule has 0 radical (unpaired) electrons. The number of rotatable bonds is 7. The third-order valence-corrected chi connectivity index (χ3v) is 3.16. The zero-order valence-corrected chi connectivity index (χ0v) is 13.6. The number of aliphatic imine (C=N–C) groups is 1. The summed E-state index contributed by atoms with van der Waals surface area (Å²) in [4.78, 5) is 4.45. The van der Waals surface area contributed by atoms with Crippen LogP contribution in [0.1, 0.15) is 32.3 Å². The third kappa shape index (κ3) is 5.97. The van der Waals surface area contributed by atoms with Crippen molar-refractivity contribution in [2.45, 2.75) is 32.7 Å². The SMILES string of the molecule is CCNC(=NCC(C)c1ccc(F)cc1F)NC(C)COC. The van der Waals surface area contributed by atoms with Gasteiger partial charge in [0.1, 0.15) is 11.6 Å². The molecule has 2 N–H and O–H groups in total. The van der Waals surface area contributed by atoms with Gasteiger partial charge in [-0.2, -0.15) is 0 Å². The van der Waals surface area contributed by atoms with Gasteiger partial charge in [-0.25, -0.2) is 8.78 Å². The topological polar surface area (TPSA) is 45.7 Å². The monoisotopic (exact) mass is 313 g/mol. The van der Waals surface area contributed by atoms with E-state index in [1.54, 1.807) is 7.11 Å². The van der Waals surface area contributed by atoms with Crippen LogP contribution in [0, 0.1) is 11.6 Å². The van der Waals surface area contributed by atoms with Gasteiger partial charge in [0.25, 0.3) is 0 Å². The van der Waals surface area contributed by atoms with Crippen molar-refractivity contribution >= 4 is 5.96 Å². The second kappa shape index (κ2) is 9.35. The summed E-state index contributed by atoms with van der Waals surface area (Å²) in [6.07, 6.45) is 0. The number of benzene rings is 1. The molecule has 0 amide bonds. The summed E-state index contributed by atoms with van der Waals surface area (Å²) >= 11 is 0. The molecule has 0 spiro atoms. The Kier molecular flexibility index (Phi) is 7.80. The summed E-state index contributed by atoms with van der Waals surface area (Å²) in [6.45, 7) is 7.51. The second-order valence-corrected chi connectivity index (χ2v) is 5.29. The van der Waals surface area contributed by atoms with Crippen LogP contribution in [0.15, 0.2) is 23.2 Å². The summed E-state index contributed by atoms with van der Waals surface area (Å²) in [5.41, 5.74) is 0.464. The van der Waals surface area contributed by atoms with Gasteiger partial charge in [0, 0.05) is 38.2 Å². The first-order valence-electron chi connectivity index (χ1n) is 7.46. The Labute approximate surface area is 131 Å². The number of guanidine groups is 1. The molecule has 0 aromatic heterocycles. The minimum Gasteiger partial charge on any atom is -0.383 e. The van der Waals surface area contributed by atoms with Crippen molar-refractivity contribution in [1.82, 2.24) is 10.6 Å². The Balaban J connectivity index is 2.71. The van der Waals surface area contributed by atoms with E-state index in [4.69, 9.17) is 4.74 Å². The lowest BCUT2D eigenvalue weighted by Crippen LogP contribution is -2.44. The average molecular weight is 313 g/mol. The van der Waals surface area contributed by atoms with Crippen LogP contribution < -0.4 is 10.6 Å². The van der Waals surface area contributed by atoms with E-state index in [1.807, 2.05) is 20.8 Å². The first-order valence-corrected chi connectivity index (χ1v) is 7.46. The average Bonchev–Trinajstić information content (AvgIpc) is 2.45. The highest BCUT2D eigenvalue weighted by molar-refractivity contribution is 5.80. The first kappa shape index (κ1) is 18.4. The van der Waals surface area contributed by atoms with E-state index >= 15 is 0 Å². The van der Waals surface area contributed by atoms with E-state index < -0.39 is 11.6 Å². The number of hydrogen-bond donors (Lipinski definition) is 2. The molecule has 2 atom stereocenters. The number of halogens is 2. The number of methoxy groups -OCH3 is 1. The lowest BCUT2D eigenvalue weighted by atomic mass is 10.0. The van der Waals surface area contributed by atoms with Crippen LogP contribution in [0.3, 0.4) is 0 Å². The minimum absolute atomic E-state index is 0.112. The van der Waals surface area contributed by atoms with Crippen molar-refractivity contribution in [1.29, 1.82) is 0 Å². The lowest BCUT2D eigenvalue weighted by molar-refractivity contribution is 0.179. The summed E-state index contributed by atoms with van der Waals surface area (Å²) < 4.78 is 31.8. The number of nitrogens with zero attached hydrogens (tertiary/aromatic N) is 1. The Morgan fingerprint density at radius 2 is 2.05 bits per heavy atom. The molecule has 1 rings (SSSR count).